The van der Waals surface area contributed by atoms with Crippen LogP contribution in [0.15, 0.2) is 23.2 Å². The van der Waals surface area contributed by atoms with Gasteiger partial charge in [-0.25, -0.2) is 0 Å². The Morgan fingerprint density at radius 1 is 1.32 bits per heavy atom. The smallest absolute Gasteiger partial charge is 0.191 e. The summed E-state index contributed by atoms with van der Waals surface area (Å²) in [4.78, 5) is 7.46. The van der Waals surface area contributed by atoms with Crippen molar-refractivity contribution in [2.75, 3.05) is 26.2 Å². The van der Waals surface area contributed by atoms with Crippen LogP contribution in [-0.2, 0) is 0 Å². The highest BCUT2D eigenvalue weighted by Gasteiger charge is 2.34. The van der Waals surface area contributed by atoms with Gasteiger partial charge in [0.2, 0.25) is 0 Å². The molecular weight excluding hydrogens is 355 g/mol. The van der Waals surface area contributed by atoms with E-state index in [2.05, 4.69) is 29.4 Å². The van der Waals surface area contributed by atoms with Crippen LogP contribution in [0.5, 0.6) is 0 Å². The quantitative estimate of drug-likeness (QED) is 0.574. The average molecular weight is 383 g/mol. The summed E-state index contributed by atoms with van der Waals surface area (Å²) < 4.78 is 0. The molecule has 0 radical (unpaired) electrons. The summed E-state index contributed by atoms with van der Waals surface area (Å²) >= 11 is 12.3. The third kappa shape index (κ3) is 5.25. The molecule has 2 atom stereocenters. The van der Waals surface area contributed by atoms with Crippen LogP contribution >= 0.6 is 23.2 Å². The molecule has 2 aliphatic rings. The molecule has 2 N–H and O–H groups in total. The minimum absolute atomic E-state index is 0.0640. The summed E-state index contributed by atoms with van der Waals surface area (Å²) in [5.41, 5.74) is 1.03. The molecule has 1 aromatic rings. The number of halogens is 2. The molecule has 1 aliphatic heterocycles. The van der Waals surface area contributed by atoms with Gasteiger partial charge in [-0.3, -0.25) is 4.99 Å². The molecule has 1 saturated carbocycles. The zero-order valence-electron chi connectivity index (χ0n) is 15.1. The van der Waals surface area contributed by atoms with Crippen molar-refractivity contribution in [3.8, 4) is 0 Å². The van der Waals surface area contributed by atoms with Crippen LogP contribution in [-0.4, -0.2) is 43.1 Å². The Hall–Kier alpha value is -0.970. The predicted octanol–water partition coefficient (Wildman–Crippen LogP) is 4.09. The minimum atomic E-state index is 0.0640. The predicted molar refractivity (Wildman–Crippen MR) is 107 cm³/mol. The normalized spacial score (nSPS) is 22.9. The second kappa shape index (κ2) is 8.61. The van der Waals surface area contributed by atoms with Crippen molar-refractivity contribution in [2.24, 2.45) is 10.9 Å². The van der Waals surface area contributed by atoms with Gasteiger partial charge in [0.05, 0.1) is 6.04 Å². The van der Waals surface area contributed by atoms with Gasteiger partial charge in [-0.2, -0.15) is 0 Å². The molecule has 138 valence electrons. The number of nitrogens with zero attached hydrogens (tertiary/aromatic N) is 2. The van der Waals surface area contributed by atoms with Crippen molar-refractivity contribution in [3.63, 3.8) is 0 Å². The van der Waals surface area contributed by atoms with Gasteiger partial charge in [0.15, 0.2) is 5.96 Å². The highest BCUT2D eigenvalue weighted by Crippen LogP contribution is 2.31. The second-order valence-corrected chi connectivity index (χ2v) is 7.98. The fourth-order valence-electron chi connectivity index (χ4n) is 3.46. The molecule has 0 bridgehead atoms. The zero-order chi connectivity index (χ0) is 17.8. The van der Waals surface area contributed by atoms with Crippen LogP contribution in [0.1, 0.15) is 44.7 Å². The summed E-state index contributed by atoms with van der Waals surface area (Å²) in [6, 6.07) is 6.56. The van der Waals surface area contributed by atoms with E-state index in [0.717, 1.165) is 30.7 Å². The molecule has 1 saturated heterocycles. The molecule has 0 spiro atoms. The second-order valence-electron chi connectivity index (χ2n) is 7.13. The molecule has 1 heterocycles. The van der Waals surface area contributed by atoms with Gasteiger partial charge < -0.3 is 15.5 Å². The lowest BCUT2D eigenvalue weighted by Crippen LogP contribution is -2.39. The van der Waals surface area contributed by atoms with E-state index in [1.807, 2.05) is 12.1 Å². The van der Waals surface area contributed by atoms with Crippen molar-refractivity contribution in [1.29, 1.82) is 0 Å². The Bertz CT molecular complexity index is 615. The first-order valence-electron chi connectivity index (χ1n) is 9.30. The highest BCUT2D eigenvalue weighted by atomic mass is 35.5. The van der Waals surface area contributed by atoms with Gasteiger partial charge in [0.1, 0.15) is 0 Å². The van der Waals surface area contributed by atoms with Crippen molar-refractivity contribution in [1.82, 2.24) is 15.5 Å². The van der Waals surface area contributed by atoms with Crippen LogP contribution in [0.2, 0.25) is 10.0 Å². The number of benzene rings is 1. The number of guanidine groups is 1. The molecule has 4 nitrogen and oxygen atoms in total. The first-order valence-corrected chi connectivity index (χ1v) is 10.1. The maximum atomic E-state index is 6.33. The molecule has 2 fully saturated rings. The van der Waals surface area contributed by atoms with E-state index in [-0.39, 0.29) is 6.04 Å². The van der Waals surface area contributed by atoms with Gasteiger partial charge in [-0.05, 0) is 63.3 Å². The molecule has 25 heavy (non-hydrogen) atoms. The average Bonchev–Trinajstić information content (AvgIpc) is 3.31. The summed E-state index contributed by atoms with van der Waals surface area (Å²) in [5, 5.41) is 8.14. The number of nitrogens with one attached hydrogen (secondary N) is 2. The third-order valence-electron chi connectivity index (χ3n) is 5.01. The SMILES string of the molecule is CCNC(=NCC1CCN(C2CC2)C1)NC(C)c1ccc(Cl)cc1Cl. The number of rotatable bonds is 6. The van der Waals surface area contributed by atoms with E-state index in [0.29, 0.717) is 16.0 Å². The number of likely N-dealkylation sites (tertiary alicyclic amines) is 1. The molecule has 3 rings (SSSR count). The maximum absolute atomic E-state index is 6.33. The number of hydrogen-bond donors (Lipinski definition) is 2. The molecule has 6 heteroatoms. The number of aliphatic imine (C=N–C) groups is 1. The topological polar surface area (TPSA) is 39.7 Å². The van der Waals surface area contributed by atoms with Crippen LogP contribution in [0, 0.1) is 5.92 Å². The van der Waals surface area contributed by atoms with Crippen molar-refractivity contribution in [2.45, 2.75) is 45.2 Å². The lowest BCUT2D eigenvalue weighted by Gasteiger charge is -2.20. The molecule has 2 unspecified atom stereocenters. The Kier molecular flexibility index (Phi) is 6.48. The van der Waals surface area contributed by atoms with Crippen molar-refractivity contribution < 1.29 is 0 Å². The van der Waals surface area contributed by atoms with E-state index < -0.39 is 0 Å². The van der Waals surface area contributed by atoms with Gasteiger partial charge in [0, 0.05) is 35.7 Å². The summed E-state index contributed by atoms with van der Waals surface area (Å²) in [6.45, 7) is 8.33. The fraction of sp³-hybridized carbons (Fsp3) is 0.632. The van der Waals surface area contributed by atoms with Crippen LogP contribution in [0.25, 0.3) is 0 Å². The molecule has 1 aromatic carbocycles. The monoisotopic (exact) mass is 382 g/mol. The number of hydrogen-bond acceptors (Lipinski definition) is 2. The molecule has 0 amide bonds. The van der Waals surface area contributed by atoms with E-state index in [1.165, 1.54) is 32.4 Å². The standard InChI is InChI=1S/C19H28Cl2N4/c1-3-22-19(23-11-14-8-9-25(12-14)16-5-6-16)24-13(2)17-7-4-15(20)10-18(17)21/h4,7,10,13-14,16H,3,5-6,8-9,11-12H2,1-2H3,(H2,22,23,24). The molecule has 0 aromatic heterocycles. The lowest BCUT2D eigenvalue weighted by molar-refractivity contribution is 0.315. The summed E-state index contributed by atoms with van der Waals surface area (Å²) in [5.74, 6) is 1.52. The van der Waals surface area contributed by atoms with Gasteiger partial charge in [0.25, 0.3) is 0 Å². The van der Waals surface area contributed by atoms with E-state index in [4.69, 9.17) is 28.2 Å². The largest absolute Gasteiger partial charge is 0.357 e. The Morgan fingerprint density at radius 2 is 2.12 bits per heavy atom. The first-order chi connectivity index (χ1) is 12.1. The van der Waals surface area contributed by atoms with Crippen molar-refractivity contribution >= 4 is 29.2 Å². The molecular formula is C19H28Cl2N4. The van der Waals surface area contributed by atoms with E-state index in [9.17, 15) is 0 Å². The summed E-state index contributed by atoms with van der Waals surface area (Å²) in [6.07, 6.45) is 4.04. The summed E-state index contributed by atoms with van der Waals surface area (Å²) in [7, 11) is 0. The molecule has 1 aliphatic carbocycles. The zero-order valence-corrected chi connectivity index (χ0v) is 16.6. The van der Waals surface area contributed by atoms with Crippen molar-refractivity contribution in [3.05, 3.63) is 33.8 Å². The van der Waals surface area contributed by atoms with E-state index in [1.54, 1.807) is 6.07 Å². The lowest BCUT2D eigenvalue weighted by atomic mass is 10.1. The van der Waals surface area contributed by atoms with E-state index >= 15 is 0 Å². The Labute approximate surface area is 161 Å². The highest BCUT2D eigenvalue weighted by molar-refractivity contribution is 6.35. The van der Waals surface area contributed by atoms with Crippen LogP contribution in [0.4, 0.5) is 0 Å². The maximum Gasteiger partial charge on any atom is 0.191 e. The van der Waals surface area contributed by atoms with Crippen LogP contribution in [0.3, 0.4) is 0 Å². The third-order valence-corrected chi connectivity index (χ3v) is 5.58. The Balaban J connectivity index is 1.58. The van der Waals surface area contributed by atoms with Crippen LogP contribution < -0.4 is 10.6 Å². The fourth-order valence-corrected chi connectivity index (χ4v) is 4.03. The minimum Gasteiger partial charge on any atom is -0.357 e. The van der Waals surface area contributed by atoms with Gasteiger partial charge >= 0.3 is 0 Å². The van der Waals surface area contributed by atoms with Gasteiger partial charge in [-0.1, -0.05) is 29.3 Å². The van der Waals surface area contributed by atoms with Gasteiger partial charge in [-0.15, -0.1) is 0 Å². The Morgan fingerprint density at radius 3 is 2.80 bits per heavy atom. The first kappa shape index (κ1) is 18.8.